The predicted molar refractivity (Wildman–Crippen MR) is 45.7 cm³/mol. The van der Waals surface area contributed by atoms with E-state index in [0.717, 1.165) is 5.95 Å². The normalized spacial score (nSPS) is 9.90. The van der Waals surface area contributed by atoms with Gasteiger partial charge in [0.05, 0.1) is 22.7 Å². The first-order valence-electron chi connectivity index (χ1n) is 3.80. The fourth-order valence-corrected chi connectivity index (χ4v) is 1.18. The first-order valence-corrected chi connectivity index (χ1v) is 6.03. The Labute approximate surface area is 65.0 Å². The lowest BCUT2D eigenvalue weighted by molar-refractivity contribution is 0.0476. The molecule has 0 amide bonds. The van der Waals surface area contributed by atoms with Crippen LogP contribution in [0.4, 0.5) is 0 Å². The van der Waals surface area contributed by atoms with Crippen molar-refractivity contribution in [2.24, 2.45) is 0 Å². The summed E-state index contributed by atoms with van der Waals surface area (Å²) in [6.07, 6.45) is 0. The summed E-state index contributed by atoms with van der Waals surface area (Å²) >= 11 is 0. The van der Waals surface area contributed by atoms with Crippen molar-refractivity contribution >= 4 is 9.52 Å². The van der Waals surface area contributed by atoms with E-state index >= 15 is 0 Å². The molecule has 0 aromatic heterocycles. The maximum absolute atomic E-state index is 5.20. The molecule has 0 fully saturated rings. The number of hydrogen-bond donors (Lipinski definition) is 0. The van der Waals surface area contributed by atoms with Crippen LogP contribution in [0.25, 0.3) is 0 Å². The van der Waals surface area contributed by atoms with Crippen molar-refractivity contribution in [3.05, 3.63) is 11.6 Å². The first kappa shape index (κ1) is 9.56. The van der Waals surface area contributed by atoms with E-state index in [-0.39, 0.29) is 9.52 Å². The van der Waals surface area contributed by atoms with E-state index < -0.39 is 0 Å². The van der Waals surface area contributed by atoms with Gasteiger partial charge in [0.15, 0.2) is 0 Å². The van der Waals surface area contributed by atoms with Crippen LogP contribution in [0.5, 0.6) is 0 Å². The van der Waals surface area contributed by atoms with Crippen LogP contribution < -0.4 is 0 Å². The Balaban J connectivity index is 3.60. The zero-order valence-electron chi connectivity index (χ0n) is 7.02. The lowest BCUT2D eigenvalue weighted by Crippen LogP contribution is -1.98. The Hall–Kier alpha value is -0.443. The van der Waals surface area contributed by atoms with Gasteiger partial charge < -0.3 is 9.47 Å². The Bertz CT molecular complexity index is 93.8. The van der Waals surface area contributed by atoms with Crippen LogP contribution >= 0.6 is 0 Å². The first-order chi connectivity index (χ1) is 4.85. The van der Waals surface area contributed by atoms with E-state index in [1.807, 2.05) is 13.8 Å². The minimum absolute atomic E-state index is 0.0861. The average Bonchev–Trinajstić information content (AvgIpc) is 1.90. The average molecular weight is 160 g/mol. The summed E-state index contributed by atoms with van der Waals surface area (Å²) in [6.45, 7) is 7.51. The molecule has 60 valence electrons. The topological polar surface area (TPSA) is 18.5 Å². The second-order valence-corrected chi connectivity index (χ2v) is 3.02. The molecule has 0 heterocycles. The standard InChI is InChI=1S/C7H16O2Si/c1-4-8-7(6-10-3)9-5-2/h6H,4-5,10H2,1-3H3. The fraction of sp³-hybridized carbons (Fsp3) is 0.714. The lowest BCUT2D eigenvalue weighted by Gasteiger charge is -2.07. The Kier molecular flexibility index (Phi) is 6.38. The molecule has 0 aromatic rings. The molecule has 0 aliphatic carbocycles. The zero-order chi connectivity index (χ0) is 7.82. The number of rotatable bonds is 5. The van der Waals surface area contributed by atoms with E-state index in [1.54, 1.807) is 0 Å². The highest BCUT2D eigenvalue weighted by Crippen LogP contribution is 1.97. The van der Waals surface area contributed by atoms with Crippen LogP contribution in [0.3, 0.4) is 0 Å². The van der Waals surface area contributed by atoms with Crippen LogP contribution in [0.2, 0.25) is 6.55 Å². The van der Waals surface area contributed by atoms with E-state index in [1.165, 1.54) is 0 Å². The second kappa shape index (κ2) is 6.67. The summed E-state index contributed by atoms with van der Waals surface area (Å²) in [7, 11) is -0.0861. The summed E-state index contributed by atoms with van der Waals surface area (Å²) in [5, 5.41) is 0. The highest BCUT2D eigenvalue weighted by molar-refractivity contribution is 6.40. The maximum Gasteiger partial charge on any atom is 0.270 e. The second-order valence-electron chi connectivity index (χ2n) is 1.80. The summed E-state index contributed by atoms with van der Waals surface area (Å²) in [6, 6.07) is 0. The summed E-state index contributed by atoms with van der Waals surface area (Å²) in [4.78, 5) is 0. The van der Waals surface area contributed by atoms with Crippen LogP contribution in [0, 0.1) is 0 Å². The third-order valence-electron chi connectivity index (χ3n) is 0.944. The van der Waals surface area contributed by atoms with Crippen molar-refractivity contribution in [2.45, 2.75) is 20.4 Å². The van der Waals surface area contributed by atoms with Gasteiger partial charge in [-0.2, -0.15) is 0 Å². The van der Waals surface area contributed by atoms with Crippen molar-refractivity contribution in [3.63, 3.8) is 0 Å². The van der Waals surface area contributed by atoms with Crippen molar-refractivity contribution in [1.82, 2.24) is 0 Å². The smallest absolute Gasteiger partial charge is 0.270 e. The van der Waals surface area contributed by atoms with Gasteiger partial charge in [0.2, 0.25) is 0 Å². The molecule has 0 aromatic carbocycles. The van der Waals surface area contributed by atoms with Gasteiger partial charge >= 0.3 is 0 Å². The molecule has 0 N–H and O–H groups in total. The predicted octanol–water partition coefficient (Wildman–Crippen LogP) is 1.08. The van der Waals surface area contributed by atoms with Gasteiger partial charge in [0.25, 0.3) is 5.95 Å². The molecule has 0 aliphatic rings. The number of hydrogen-bond acceptors (Lipinski definition) is 2. The molecular formula is C7H16O2Si. The minimum Gasteiger partial charge on any atom is -0.466 e. The van der Waals surface area contributed by atoms with Gasteiger partial charge in [-0.15, -0.1) is 0 Å². The molecule has 10 heavy (non-hydrogen) atoms. The fourth-order valence-electron chi connectivity index (χ4n) is 0.611. The molecule has 2 nitrogen and oxygen atoms in total. The molecule has 3 heteroatoms. The van der Waals surface area contributed by atoms with Crippen LogP contribution in [0.1, 0.15) is 13.8 Å². The highest BCUT2D eigenvalue weighted by atomic mass is 28.2. The SMILES string of the molecule is CCOC(=C[SiH2]C)OCC. The van der Waals surface area contributed by atoms with E-state index in [9.17, 15) is 0 Å². The molecule has 0 saturated carbocycles. The molecule has 0 aliphatic heterocycles. The van der Waals surface area contributed by atoms with Crippen molar-refractivity contribution in [1.29, 1.82) is 0 Å². The molecule has 0 spiro atoms. The maximum atomic E-state index is 5.20. The summed E-state index contributed by atoms with van der Waals surface area (Å²) < 4.78 is 10.4. The van der Waals surface area contributed by atoms with Gasteiger partial charge in [-0.3, -0.25) is 0 Å². The molecule has 0 bridgehead atoms. The van der Waals surface area contributed by atoms with Gasteiger partial charge in [-0.1, -0.05) is 6.55 Å². The number of ether oxygens (including phenoxy) is 2. The summed E-state index contributed by atoms with van der Waals surface area (Å²) in [5.41, 5.74) is 2.08. The van der Waals surface area contributed by atoms with E-state index in [4.69, 9.17) is 9.47 Å². The van der Waals surface area contributed by atoms with Crippen LogP contribution in [-0.4, -0.2) is 22.7 Å². The molecular weight excluding hydrogens is 144 g/mol. The third kappa shape index (κ3) is 4.44. The van der Waals surface area contributed by atoms with Gasteiger partial charge in [0.1, 0.15) is 0 Å². The van der Waals surface area contributed by atoms with E-state index in [2.05, 4.69) is 12.2 Å². The van der Waals surface area contributed by atoms with Gasteiger partial charge in [0, 0.05) is 0 Å². The Morgan fingerprint density at radius 1 is 1.30 bits per heavy atom. The summed E-state index contributed by atoms with van der Waals surface area (Å²) in [5.74, 6) is 0.721. The van der Waals surface area contributed by atoms with Gasteiger partial charge in [-0.05, 0) is 19.5 Å². The van der Waals surface area contributed by atoms with Gasteiger partial charge in [-0.25, -0.2) is 0 Å². The largest absolute Gasteiger partial charge is 0.466 e. The van der Waals surface area contributed by atoms with E-state index in [0.29, 0.717) is 13.2 Å². The molecule has 0 rings (SSSR count). The molecule has 0 atom stereocenters. The van der Waals surface area contributed by atoms with Crippen molar-refractivity contribution in [3.8, 4) is 0 Å². The lowest BCUT2D eigenvalue weighted by atomic mass is 10.8. The van der Waals surface area contributed by atoms with Crippen molar-refractivity contribution < 1.29 is 9.47 Å². The third-order valence-corrected chi connectivity index (χ3v) is 1.69. The van der Waals surface area contributed by atoms with Crippen molar-refractivity contribution in [2.75, 3.05) is 13.2 Å². The molecule has 0 unspecified atom stereocenters. The quantitative estimate of drug-likeness (QED) is 0.442. The van der Waals surface area contributed by atoms with Crippen LogP contribution in [0.15, 0.2) is 11.6 Å². The molecule has 0 radical (unpaired) electrons. The molecule has 0 saturated heterocycles. The Morgan fingerprint density at radius 3 is 2.10 bits per heavy atom. The van der Waals surface area contributed by atoms with Crippen LogP contribution in [-0.2, 0) is 9.47 Å². The minimum atomic E-state index is -0.0861. The highest BCUT2D eigenvalue weighted by Gasteiger charge is 1.92. The zero-order valence-corrected chi connectivity index (χ0v) is 8.43. The Morgan fingerprint density at radius 2 is 1.80 bits per heavy atom. The monoisotopic (exact) mass is 160 g/mol.